The van der Waals surface area contributed by atoms with E-state index in [1.807, 2.05) is 32.0 Å². The van der Waals surface area contributed by atoms with Gasteiger partial charge in [0.25, 0.3) is 5.71 Å². The van der Waals surface area contributed by atoms with Crippen LogP contribution >= 0.6 is 0 Å². The monoisotopic (exact) mass is 326 g/mol. The highest BCUT2D eigenvalue weighted by molar-refractivity contribution is 5.98. The minimum absolute atomic E-state index is 0.251. The Morgan fingerprint density at radius 1 is 1.21 bits per heavy atom. The quantitative estimate of drug-likeness (QED) is 0.665. The second-order valence-corrected chi connectivity index (χ2v) is 5.95. The first-order valence-corrected chi connectivity index (χ1v) is 8.18. The van der Waals surface area contributed by atoms with Gasteiger partial charge < -0.3 is 14.6 Å². The predicted molar refractivity (Wildman–Crippen MR) is 94.0 cm³/mol. The van der Waals surface area contributed by atoms with Gasteiger partial charge in [-0.15, -0.1) is 0 Å². The van der Waals surface area contributed by atoms with Crippen LogP contribution in [0.5, 0.6) is 0 Å². The Kier molecular flexibility index (Phi) is 5.05. The highest BCUT2D eigenvalue weighted by atomic mass is 16.5. The largest absolute Gasteiger partial charge is 0.379 e. The van der Waals surface area contributed by atoms with E-state index < -0.39 is 0 Å². The van der Waals surface area contributed by atoms with Crippen molar-refractivity contribution in [3.8, 4) is 11.3 Å². The zero-order valence-electron chi connectivity index (χ0n) is 14.2. The van der Waals surface area contributed by atoms with Gasteiger partial charge in [0.15, 0.2) is 0 Å². The van der Waals surface area contributed by atoms with Gasteiger partial charge in [0.05, 0.1) is 6.10 Å². The summed E-state index contributed by atoms with van der Waals surface area (Å²) >= 11 is 0. The lowest BCUT2D eigenvalue weighted by molar-refractivity contribution is 0.0787. The molecule has 0 amide bonds. The van der Waals surface area contributed by atoms with Crippen LogP contribution in [0.15, 0.2) is 35.1 Å². The summed E-state index contributed by atoms with van der Waals surface area (Å²) in [5.74, 6) is 0.740. The van der Waals surface area contributed by atoms with Crippen LogP contribution in [0.2, 0.25) is 0 Å². The molecule has 24 heavy (non-hydrogen) atoms. The Morgan fingerprint density at radius 3 is 2.83 bits per heavy atom. The molecule has 3 aromatic rings. The van der Waals surface area contributed by atoms with E-state index in [0.717, 1.165) is 41.0 Å². The minimum Gasteiger partial charge on any atom is -0.379 e. The van der Waals surface area contributed by atoms with Crippen molar-refractivity contribution in [3.05, 3.63) is 36.2 Å². The number of nitrogens with zero attached hydrogens (tertiary/aromatic N) is 3. The lowest BCUT2D eigenvalue weighted by Gasteiger charge is -2.09. The van der Waals surface area contributed by atoms with Gasteiger partial charge in [0.2, 0.25) is 0 Å². The summed E-state index contributed by atoms with van der Waals surface area (Å²) in [5.41, 5.74) is 3.42. The van der Waals surface area contributed by atoms with Gasteiger partial charge in [0, 0.05) is 18.7 Å². The van der Waals surface area contributed by atoms with Crippen LogP contribution in [0.1, 0.15) is 25.8 Å². The van der Waals surface area contributed by atoms with Crippen molar-refractivity contribution in [2.75, 3.05) is 18.5 Å². The molecule has 6 nitrogen and oxygen atoms in total. The SMILES string of the molecule is Cc1ccccc1-c1noc2ncnc(NCCCOC(C)C)c12. The van der Waals surface area contributed by atoms with Crippen LogP contribution in [-0.4, -0.2) is 34.4 Å². The van der Waals surface area contributed by atoms with Crippen LogP contribution in [-0.2, 0) is 4.74 Å². The number of nitrogens with one attached hydrogen (secondary N) is 1. The molecule has 1 aromatic carbocycles. The zero-order chi connectivity index (χ0) is 16.9. The molecular formula is C18H22N4O2. The Balaban J connectivity index is 1.84. The molecule has 0 aliphatic heterocycles. The molecule has 6 heteroatoms. The number of ether oxygens (including phenoxy) is 1. The second-order valence-electron chi connectivity index (χ2n) is 5.95. The number of rotatable bonds is 7. The van der Waals surface area contributed by atoms with Gasteiger partial charge in [0.1, 0.15) is 23.2 Å². The van der Waals surface area contributed by atoms with E-state index >= 15 is 0 Å². The first-order chi connectivity index (χ1) is 11.7. The van der Waals surface area contributed by atoms with E-state index in [4.69, 9.17) is 9.26 Å². The Morgan fingerprint density at radius 2 is 2.04 bits per heavy atom. The van der Waals surface area contributed by atoms with Gasteiger partial charge in [-0.25, -0.2) is 4.98 Å². The van der Waals surface area contributed by atoms with Crippen LogP contribution in [0.25, 0.3) is 22.4 Å². The number of hydrogen-bond donors (Lipinski definition) is 1. The molecule has 0 saturated heterocycles. The number of fused-ring (bicyclic) bond motifs is 1. The van der Waals surface area contributed by atoms with Crippen LogP contribution in [0, 0.1) is 6.92 Å². The van der Waals surface area contributed by atoms with Crippen LogP contribution < -0.4 is 5.32 Å². The normalized spacial score (nSPS) is 11.3. The maximum atomic E-state index is 5.56. The molecule has 0 aliphatic carbocycles. The zero-order valence-corrected chi connectivity index (χ0v) is 14.2. The van der Waals surface area contributed by atoms with Crippen LogP contribution in [0.4, 0.5) is 5.82 Å². The average molecular weight is 326 g/mol. The van der Waals surface area contributed by atoms with Crippen molar-refractivity contribution in [3.63, 3.8) is 0 Å². The van der Waals surface area contributed by atoms with Gasteiger partial charge in [-0.2, -0.15) is 4.98 Å². The first-order valence-electron chi connectivity index (χ1n) is 8.18. The van der Waals surface area contributed by atoms with E-state index in [1.54, 1.807) is 0 Å². The van der Waals surface area contributed by atoms with Gasteiger partial charge in [-0.3, -0.25) is 0 Å². The van der Waals surface area contributed by atoms with Gasteiger partial charge in [-0.1, -0.05) is 29.4 Å². The highest BCUT2D eigenvalue weighted by Gasteiger charge is 2.17. The molecule has 2 heterocycles. The summed E-state index contributed by atoms with van der Waals surface area (Å²) in [6.45, 7) is 7.60. The summed E-state index contributed by atoms with van der Waals surface area (Å²) in [4.78, 5) is 8.54. The highest BCUT2D eigenvalue weighted by Crippen LogP contribution is 2.32. The minimum atomic E-state index is 0.251. The molecule has 0 fully saturated rings. The summed E-state index contributed by atoms with van der Waals surface area (Å²) in [6.07, 6.45) is 2.64. The third-order valence-electron chi connectivity index (χ3n) is 3.74. The Labute approximate surface area is 141 Å². The Bertz CT molecular complexity index is 814. The fraction of sp³-hybridized carbons (Fsp3) is 0.389. The van der Waals surface area contributed by atoms with Crippen molar-refractivity contribution >= 4 is 16.9 Å². The third-order valence-corrected chi connectivity index (χ3v) is 3.74. The Hall–Kier alpha value is -2.47. The fourth-order valence-electron chi connectivity index (χ4n) is 2.54. The van der Waals surface area contributed by atoms with E-state index in [1.165, 1.54) is 6.33 Å². The maximum absolute atomic E-state index is 5.56. The number of anilines is 1. The fourth-order valence-corrected chi connectivity index (χ4v) is 2.54. The number of aromatic nitrogens is 3. The average Bonchev–Trinajstić information content (AvgIpc) is 2.99. The molecule has 0 aliphatic rings. The first kappa shape index (κ1) is 16.4. The predicted octanol–water partition coefficient (Wildman–Crippen LogP) is 3.82. The molecule has 0 saturated carbocycles. The molecular weight excluding hydrogens is 304 g/mol. The number of benzene rings is 1. The molecule has 0 atom stereocenters. The molecule has 0 radical (unpaired) electrons. The van der Waals surface area contributed by atoms with E-state index in [9.17, 15) is 0 Å². The number of aryl methyl sites for hydroxylation is 1. The summed E-state index contributed by atoms with van der Waals surface area (Å²) in [7, 11) is 0. The maximum Gasteiger partial charge on any atom is 0.263 e. The van der Waals surface area contributed by atoms with E-state index in [-0.39, 0.29) is 6.10 Å². The summed E-state index contributed by atoms with van der Waals surface area (Å²) in [5, 5.41) is 8.37. The molecule has 3 rings (SSSR count). The van der Waals surface area contributed by atoms with E-state index in [2.05, 4.69) is 33.4 Å². The second kappa shape index (κ2) is 7.40. The van der Waals surface area contributed by atoms with Crippen LogP contribution in [0.3, 0.4) is 0 Å². The van der Waals surface area contributed by atoms with Crippen molar-refractivity contribution < 1.29 is 9.26 Å². The molecule has 2 aromatic heterocycles. The standard InChI is InChI=1S/C18H22N4O2/c1-12(2)23-10-6-9-19-17-15-16(14-8-5-4-7-13(14)3)22-24-18(15)21-11-20-17/h4-5,7-8,11-12H,6,9-10H2,1-3H3,(H,19,20,21). The molecule has 126 valence electrons. The topological polar surface area (TPSA) is 73.1 Å². The lowest BCUT2D eigenvalue weighted by Crippen LogP contribution is -2.10. The molecule has 0 bridgehead atoms. The molecule has 1 N–H and O–H groups in total. The summed E-state index contributed by atoms with van der Waals surface area (Å²) in [6, 6.07) is 8.07. The van der Waals surface area contributed by atoms with Crippen molar-refractivity contribution in [1.29, 1.82) is 0 Å². The van der Waals surface area contributed by atoms with E-state index in [0.29, 0.717) is 12.3 Å². The van der Waals surface area contributed by atoms with Gasteiger partial charge in [-0.05, 0) is 32.8 Å². The lowest BCUT2D eigenvalue weighted by atomic mass is 10.0. The number of hydrogen-bond acceptors (Lipinski definition) is 6. The summed E-state index contributed by atoms with van der Waals surface area (Å²) < 4.78 is 10.9. The van der Waals surface area contributed by atoms with Crippen molar-refractivity contribution in [1.82, 2.24) is 15.1 Å². The van der Waals surface area contributed by atoms with Crippen molar-refractivity contribution in [2.24, 2.45) is 0 Å². The smallest absolute Gasteiger partial charge is 0.263 e. The van der Waals surface area contributed by atoms with Gasteiger partial charge >= 0.3 is 0 Å². The third kappa shape index (κ3) is 3.54. The van der Waals surface area contributed by atoms with Crippen molar-refractivity contribution in [2.45, 2.75) is 33.3 Å². The molecule has 0 spiro atoms. The molecule has 0 unspecified atom stereocenters.